The zero-order valence-electron chi connectivity index (χ0n) is 25.7. The first kappa shape index (κ1) is 30.9. The van der Waals surface area contributed by atoms with Gasteiger partial charge < -0.3 is 38.4 Å². The normalized spacial score (nSPS) is 14.8. The van der Waals surface area contributed by atoms with Gasteiger partial charge in [-0.05, 0) is 24.3 Å². The average Bonchev–Trinajstić information content (AvgIpc) is 3.27. The largest absolute Gasteiger partial charge is 0.487 e. The maximum atomic E-state index is 13.4. The molecule has 244 valence electrons. The summed E-state index contributed by atoms with van der Waals surface area (Å²) in [7, 11) is 0. The summed E-state index contributed by atoms with van der Waals surface area (Å²) in [6.07, 6.45) is 0. The molecule has 4 aromatic carbocycles. The Hall–Kier alpha value is -5.72. The number of hydrogen-bond acceptors (Lipinski definition) is 10. The second kappa shape index (κ2) is 13.6. The van der Waals surface area contributed by atoms with E-state index in [0.717, 1.165) is 0 Å². The minimum atomic E-state index is -0.394. The Bertz CT molecular complexity index is 2250. The molecule has 6 aromatic rings. The molecule has 0 saturated carbocycles. The van der Waals surface area contributed by atoms with E-state index in [1.807, 2.05) is 0 Å². The van der Waals surface area contributed by atoms with E-state index in [9.17, 15) is 19.2 Å². The van der Waals surface area contributed by atoms with Gasteiger partial charge >= 0.3 is 0 Å². The topological polar surface area (TPSA) is 155 Å². The Morgan fingerprint density at radius 1 is 0.396 bits per heavy atom. The molecule has 3 heterocycles. The average molecular weight is 651 g/mol. The van der Waals surface area contributed by atoms with Crippen LogP contribution >= 0.6 is 0 Å². The zero-order chi connectivity index (χ0) is 33.0. The van der Waals surface area contributed by atoms with Crippen molar-refractivity contribution in [2.75, 3.05) is 52.9 Å². The molecule has 2 aromatic heterocycles. The predicted octanol–water partition coefficient (Wildman–Crippen LogP) is 3.66. The summed E-state index contributed by atoms with van der Waals surface area (Å²) >= 11 is 0. The molecule has 1 aliphatic rings. The molecular formula is C36H30N2O10. The number of hydrogen-bond donors (Lipinski definition) is 2. The Balaban J connectivity index is 1.15. The van der Waals surface area contributed by atoms with Gasteiger partial charge in [0.2, 0.25) is 0 Å². The molecule has 0 unspecified atom stereocenters. The van der Waals surface area contributed by atoms with Crippen LogP contribution in [0.25, 0.3) is 43.4 Å². The zero-order valence-corrected chi connectivity index (χ0v) is 25.7. The van der Waals surface area contributed by atoms with Crippen molar-refractivity contribution in [2.45, 2.75) is 0 Å². The lowest BCUT2D eigenvalue weighted by Crippen LogP contribution is -2.16. The first-order chi connectivity index (χ1) is 23.5. The van der Waals surface area contributed by atoms with E-state index < -0.39 is 11.1 Å². The van der Waals surface area contributed by atoms with Crippen LogP contribution in [0.4, 0.5) is 0 Å². The standard InChI is InChI=1S/C36H30N2O10/c39-33-21-5-1-3-7-23(21)35(41)37-27-19-31-29(17-25(27)33)45-13-9-43-10-14-46-30-18-26-28(20-32(30)48-16-12-44-11-15-47-31)38-36(42)24-8-4-2-6-22(24)34(26)40/h1-8,17-20H,9-16H2,(H,37,41)(H,38,42). The molecule has 0 saturated heterocycles. The van der Waals surface area contributed by atoms with Crippen molar-refractivity contribution in [2.24, 2.45) is 0 Å². The third-order valence-electron chi connectivity index (χ3n) is 7.93. The molecule has 2 N–H and O–H groups in total. The molecule has 0 atom stereocenters. The smallest absolute Gasteiger partial charge is 0.256 e. The highest BCUT2D eigenvalue weighted by atomic mass is 16.6. The number of benzene rings is 4. The Labute approximate surface area is 271 Å². The number of aromatic amines is 2. The molecule has 0 bridgehead atoms. The molecule has 0 fully saturated rings. The van der Waals surface area contributed by atoms with Gasteiger partial charge in [-0.1, -0.05) is 36.4 Å². The number of aromatic nitrogens is 2. The monoisotopic (exact) mass is 650 g/mol. The maximum Gasteiger partial charge on any atom is 0.256 e. The second-order valence-electron chi connectivity index (χ2n) is 11.0. The molecule has 7 rings (SSSR count). The fourth-order valence-electron chi connectivity index (χ4n) is 5.63. The lowest BCUT2D eigenvalue weighted by Gasteiger charge is -2.16. The van der Waals surface area contributed by atoms with E-state index in [1.165, 1.54) is 0 Å². The summed E-state index contributed by atoms with van der Waals surface area (Å²) in [6, 6.07) is 19.5. The molecule has 12 nitrogen and oxygen atoms in total. The van der Waals surface area contributed by atoms with Crippen molar-refractivity contribution in [3.63, 3.8) is 0 Å². The van der Waals surface area contributed by atoms with Gasteiger partial charge in [0, 0.05) is 22.9 Å². The third-order valence-corrected chi connectivity index (χ3v) is 7.93. The molecule has 0 spiro atoms. The summed E-state index contributed by atoms with van der Waals surface area (Å²) in [5.41, 5.74) is -0.790. The number of ether oxygens (including phenoxy) is 6. The summed E-state index contributed by atoms with van der Waals surface area (Å²) in [5.74, 6) is 1.27. The van der Waals surface area contributed by atoms with Crippen molar-refractivity contribution in [1.29, 1.82) is 0 Å². The minimum absolute atomic E-state index is 0.129. The molecule has 0 aliphatic carbocycles. The maximum absolute atomic E-state index is 13.4. The van der Waals surface area contributed by atoms with E-state index in [2.05, 4.69) is 9.97 Å². The fraction of sp³-hybridized carbons (Fsp3) is 0.222. The van der Waals surface area contributed by atoms with Crippen LogP contribution in [0.5, 0.6) is 23.0 Å². The van der Waals surface area contributed by atoms with E-state index in [-0.39, 0.29) is 85.3 Å². The second-order valence-corrected chi connectivity index (χ2v) is 11.0. The molecule has 12 heteroatoms. The first-order valence-corrected chi connectivity index (χ1v) is 15.4. The molecule has 48 heavy (non-hydrogen) atoms. The van der Waals surface area contributed by atoms with Crippen molar-refractivity contribution in [1.82, 2.24) is 9.97 Å². The van der Waals surface area contributed by atoms with Crippen LogP contribution < -0.4 is 40.9 Å². The number of fused-ring (bicyclic) bond motifs is 6. The SMILES string of the molecule is O=c1[nH]c2cc3c(cc2c(=O)c2ccccc12)OCCOCCOc1cc2c(=O)c4ccccc4c(=O)[nH]c2cc1OCCOCCO3. The van der Waals surface area contributed by atoms with Gasteiger partial charge in [-0.15, -0.1) is 0 Å². The van der Waals surface area contributed by atoms with Crippen LogP contribution in [0.2, 0.25) is 0 Å². The van der Waals surface area contributed by atoms with Gasteiger partial charge in [-0.25, -0.2) is 0 Å². The Morgan fingerprint density at radius 3 is 1.10 bits per heavy atom. The number of nitrogens with one attached hydrogen (secondary N) is 2. The van der Waals surface area contributed by atoms with Gasteiger partial charge in [-0.3, -0.25) is 19.2 Å². The van der Waals surface area contributed by atoms with Crippen LogP contribution in [-0.2, 0) is 9.47 Å². The quantitative estimate of drug-likeness (QED) is 0.249. The number of H-pyrrole nitrogens is 2. The van der Waals surface area contributed by atoms with E-state index >= 15 is 0 Å². The van der Waals surface area contributed by atoms with E-state index in [1.54, 1.807) is 72.8 Å². The fourth-order valence-corrected chi connectivity index (χ4v) is 5.63. The van der Waals surface area contributed by atoms with Crippen molar-refractivity contribution in [3.8, 4) is 23.0 Å². The predicted molar refractivity (Wildman–Crippen MR) is 180 cm³/mol. The van der Waals surface area contributed by atoms with Gasteiger partial charge in [0.15, 0.2) is 33.9 Å². The van der Waals surface area contributed by atoms with E-state index in [4.69, 9.17) is 28.4 Å². The lowest BCUT2D eigenvalue weighted by molar-refractivity contribution is 0.0641. The highest BCUT2D eigenvalue weighted by Gasteiger charge is 2.15. The van der Waals surface area contributed by atoms with Gasteiger partial charge in [0.25, 0.3) is 11.1 Å². The Morgan fingerprint density at radius 2 is 0.729 bits per heavy atom. The molecule has 0 amide bonds. The summed E-state index contributed by atoms with van der Waals surface area (Å²) in [5, 5.41) is 1.71. The summed E-state index contributed by atoms with van der Waals surface area (Å²) in [6.45, 7) is 1.28. The summed E-state index contributed by atoms with van der Waals surface area (Å²) < 4.78 is 35.4. The first-order valence-electron chi connectivity index (χ1n) is 15.4. The van der Waals surface area contributed by atoms with Crippen molar-refractivity contribution < 1.29 is 28.4 Å². The van der Waals surface area contributed by atoms with Gasteiger partial charge in [-0.2, -0.15) is 0 Å². The van der Waals surface area contributed by atoms with Crippen LogP contribution in [0, 0.1) is 0 Å². The molecule has 0 radical (unpaired) electrons. The van der Waals surface area contributed by atoms with Crippen LogP contribution in [0.1, 0.15) is 0 Å². The van der Waals surface area contributed by atoms with Crippen LogP contribution in [0.3, 0.4) is 0 Å². The summed E-state index contributed by atoms with van der Waals surface area (Å²) in [4.78, 5) is 58.2. The Kier molecular flexibility index (Phi) is 8.73. The van der Waals surface area contributed by atoms with Crippen LogP contribution in [0.15, 0.2) is 92.0 Å². The van der Waals surface area contributed by atoms with Gasteiger partial charge in [0.1, 0.15) is 26.4 Å². The minimum Gasteiger partial charge on any atom is -0.487 e. The van der Waals surface area contributed by atoms with Crippen LogP contribution in [-0.4, -0.2) is 62.8 Å². The van der Waals surface area contributed by atoms with Gasteiger partial charge in [0.05, 0.1) is 59.0 Å². The van der Waals surface area contributed by atoms with Crippen molar-refractivity contribution >= 4 is 43.4 Å². The third kappa shape index (κ3) is 6.18. The highest BCUT2D eigenvalue weighted by molar-refractivity contribution is 5.93. The lowest BCUT2D eigenvalue weighted by atomic mass is 10.1. The molecular weight excluding hydrogens is 620 g/mol. The molecule has 1 aliphatic heterocycles. The highest BCUT2D eigenvalue weighted by Crippen LogP contribution is 2.32. The van der Waals surface area contributed by atoms with E-state index in [0.29, 0.717) is 44.8 Å². The number of rotatable bonds is 0. The van der Waals surface area contributed by atoms with Crippen molar-refractivity contribution in [3.05, 3.63) is 114 Å².